The number of hydrogen-bond donors (Lipinski definition) is 1. The first-order chi connectivity index (χ1) is 9.69. The van der Waals surface area contributed by atoms with Crippen LogP contribution in [-0.4, -0.2) is 11.5 Å². The summed E-state index contributed by atoms with van der Waals surface area (Å²) in [5, 5.41) is 3.40. The molecule has 0 radical (unpaired) electrons. The van der Waals surface area contributed by atoms with Crippen molar-refractivity contribution in [3.05, 3.63) is 53.2 Å². The van der Waals surface area contributed by atoms with Gasteiger partial charge >= 0.3 is 0 Å². The minimum absolute atomic E-state index is 0.660. The predicted molar refractivity (Wildman–Crippen MR) is 82.2 cm³/mol. The van der Waals surface area contributed by atoms with Gasteiger partial charge in [-0.3, -0.25) is 0 Å². The number of benzene rings is 1. The lowest BCUT2D eigenvalue weighted by Gasteiger charge is -2.10. The Labute approximate surface area is 121 Å². The molecular formula is C17H22N2O. The van der Waals surface area contributed by atoms with Gasteiger partial charge < -0.3 is 10.1 Å². The van der Waals surface area contributed by atoms with Gasteiger partial charge in [-0.25, -0.2) is 4.98 Å². The van der Waals surface area contributed by atoms with E-state index in [1.54, 1.807) is 0 Å². The molecule has 0 fully saturated rings. The van der Waals surface area contributed by atoms with E-state index in [9.17, 15) is 0 Å². The van der Waals surface area contributed by atoms with E-state index in [1.807, 2.05) is 44.2 Å². The minimum atomic E-state index is 0.660. The van der Waals surface area contributed by atoms with E-state index in [2.05, 4.69) is 23.3 Å². The Morgan fingerprint density at radius 3 is 2.70 bits per heavy atom. The summed E-state index contributed by atoms with van der Waals surface area (Å²) in [5.41, 5.74) is 3.29. The summed E-state index contributed by atoms with van der Waals surface area (Å²) in [4.78, 5) is 4.45. The second kappa shape index (κ2) is 7.06. The molecular weight excluding hydrogens is 248 g/mol. The maximum Gasteiger partial charge on any atom is 0.219 e. The topological polar surface area (TPSA) is 34.2 Å². The fourth-order valence-corrected chi connectivity index (χ4v) is 2.05. The Kier molecular flexibility index (Phi) is 5.13. The monoisotopic (exact) mass is 270 g/mol. The van der Waals surface area contributed by atoms with Gasteiger partial charge in [0.25, 0.3) is 0 Å². The van der Waals surface area contributed by atoms with Crippen molar-refractivity contribution in [3.63, 3.8) is 0 Å². The zero-order valence-electron chi connectivity index (χ0n) is 12.4. The van der Waals surface area contributed by atoms with Crippen molar-refractivity contribution in [1.82, 2.24) is 10.3 Å². The maximum absolute atomic E-state index is 5.90. The number of hydrogen-bond acceptors (Lipinski definition) is 3. The normalized spacial score (nSPS) is 10.6. The molecule has 0 spiro atoms. The smallest absolute Gasteiger partial charge is 0.219 e. The number of nitrogens with zero attached hydrogens (tertiary/aromatic N) is 1. The molecule has 0 amide bonds. The SMILES string of the molecule is CCCNCc1cc(C)nc(Oc2ccccc2C)c1. The van der Waals surface area contributed by atoms with Crippen molar-refractivity contribution in [1.29, 1.82) is 0 Å². The van der Waals surface area contributed by atoms with Crippen LogP contribution >= 0.6 is 0 Å². The number of rotatable bonds is 6. The fourth-order valence-electron chi connectivity index (χ4n) is 2.05. The van der Waals surface area contributed by atoms with E-state index >= 15 is 0 Å². The number of aromatic nitrogens is 1. The van der Waals surface area contributed by atoms with Crippen LogP contribution in [0.1, 0.15) is 30.2 Å². The third-order valence-electron chi connectivity index (χ3n) is 3.05. The van der Waals surface area contributed by atoms with Crippen molar-refractivity contribution < 1.29 is 4.74 Å². The summed E-state index contributed by atoms with van der Waals surface area (Å²) < 4.78 is 5.90. The molecule has 0 unspecified atom stereocenters. The summed E-state index contributed by atoms with van der Waals surface area (Å²) in [6.45, 7) is 8.07. The molecule has 0 atom stereocenters. The molecule has 1 N–H and O–H groups in total. The maximum atomic E-state index is 5.90. The van der Waals surface area contributed by atoms with Gasteiger partial charge in [0.05, 0.1) is 0 Å². The Hall–Kier alpha value is -1.87. The van der Waals surface area contributed by atoms with Gasteiger partial charge in [-0.15, -0.1) is 0 Å². The molecule has 3 heteroatoms. The van der Waals surface area contributed by atoms with Crippen LogP contribution in [0.15, 0.2) is 36.4 Å². The molecule has 1 aromatic heterocycles. The second-order valence-corrected chi connectivity index (χ2v) is 5.00. The van der Waals surface area contributed by atoms with Crippen LogP contribution in [0.2, 0.25) is 0 Å². The quantitative estimate of drug-likeness (QED) is 0.806. The molecule has 0 saturated carbocycles. The number of ether oxygens (including phenoxy) is 1. The summed E-state index contributed by atoms with van der Waals surface area (Å²) in [6.07, 6.45) is 1.14. The van der Waals surface area contributed by atoms with Crippen molar-refractivity contribution in [2.24, 2.45) is 0 Å². The summed E-state index contributed by atoms with van der Waals surface area (Å²) in [6, 6.07) is 12.1. The molecule has 0 saturated heterocycles. The van der Waals surface area contributed by atoms with Crippen molar-refractivity contribution in [2.45, 2.75) is 33.7 Å². The minimum Gasteiger partial charge on any atom is -0.439 e. The van der Waals surface area contributed by atoms with Gasteiger partial charge in [0.15, 0.2) is 0 Å². The van der Waals surface area contributed by atoms with E-state index < -0.39 is 0 Å². The number of para-hydroxylation sites is 1. The van der Waals surface area contributed by atoms with Crippen LogP contribution in [0, 0.1) is 13.8 Å². The first-order valence-electron chi connectivity index (χ1n) is 7.11. The highest BCUT2D eigenvalue weighted by atomic mass is 16.5. The molecule has 0 bridgehead atoms. The Morgan fingerprint density at radius 1 is 1.15 bits per heavy atom. The standard InChI is InChI=1S/C17H22N2O/c1-4-9-18-12-15-10-14(3)19-17(11-15)20-16-8-6-5-7-13(16)2/h5-8,10-11,18H,4,9,12H2,1-3H3. The third kappa shape index (κ3) is 4.07. The van der Waals surface area contributed by atoms with Gasteiger partial charge in [-0.1, -0.05) is 25.1 Å². The van der Waals surface area contributed by atoms with E-state index in [-0.39, 0.29) is 0 Å². The summed E-state index contributed by atoms with van der Waals surface area (Å²) >= 11 is 0. The average molecular weight is 270 g/mol. The van der Waals surface area contributed by atoms with Crippen LogP contribution in [0.4, 0.5) is 0 Å². The number of nitrogens with one attached hydrogen (secondary N) is 1. The predicted octanol–water partition coefficient (Wildman–Crippen LogP) is 3.99. The molecule has 20 heavy (non-hydrogen) atoms. The van der Waals surface area contributed by atoms with E-state index in [1.165, 1.54) is 5.56 Å². The Morgan fingerprint density at radius 2 is 1.95 bits per heavy atom. The largest absolute Gasteiger partial charge is 0.439 e. The Bertz CT molecular complexity index is 567. The van der Waals surface area contributed by atoms with Crippen molar-refractivity contribution in [2.75, 3.05) is 6.54 Å². The van der Waals surface area contributed by atoms with Gasteiger partial charge in [-0.2, -0.15) is 0 Å². The zero-order valence-corrected chi connectivity index (χ0v) is 12.4. The molecule has 106 valence electrons. The first-order valence-corrected chi connectivity index (χ1v) is 7.11. The molecule has 0 aliphatic carbocycles. The molecule has 0 aliphatic rings. The Balaban J connectivity index is 2.13. The molecule has 0 aliphatic heterocycles. The molecule has 2 rings (SSSR count). The van der Waals surface area contributed by atoms with Crippen molar-refractivity contribution >= 4 is 0 Å². The second-order valence-electron chi connectivity index (χ2n) is 5.00. The van der Waals surface area contributed by atoms with Crippen LogP contribution in [0.25, 0.3) is 0 Å². The van der Waals surface area contributed by atoms with Gasteiger partial charge in [-0.05, 0) is 50.1 Å². The van der Waals surface area contributed by atoms with Gasteiger partial charge in [0.2, 0.25) is 5.88 Å². The molecule has 2 aromatic rings. The van der Waals surface area contributed by atoms with Crippen LogP contribution < -0.4 is 10.1 Å². The average Bonchev–Trinajstić information content (AvgIpc) is 2.41. The van der Waals surface area contributed by atoms with E-state index in [4.69, 9.17) is 4.74 Å². The zero-order chi connectivity index (χ0) is 14.4. The van der Waals surface area contributed by atoms with E-state index in [0.29, 0.717) is 5.88 Å². The lowest BCUT2D eigenvalue weighted by Crippen LogP contribution is -2.14. The lowest BCUT2D eigenvalue weighted by molar-refractivity contribution is 0.457. The fraction of sp³-hybridized carbons (Fsp3) is 0.353. The highest BCUT2D eigenvalue weighted by molar-refractivity contribution is 5.36. The molecule has 1 aromatic carbocycles. The number of aryl methyl sites for hydroxylation is 2. The van der Waals surface area contributed by atoms with E-state index in [0.717, 1.165) is 36.5 Å². The van der Waals surface area contributed by atoms with Crippen molar-refractivity contribution in [3.8, 4) is 11.6 Å². The van der Waals surface area contributed by atoms with Gasteiger partial charge in [0.1, 0.15) is 5.75 Å². The first kappa shape index (κ1) is 14.5. The molecule has 1 heterocycles. The van der Waals surface area contributed by atoms with Crippen LogP contribution in [-0.2, 0) is 6.54 Å². The highest BCUT2D eigenvalue weighted by Gasteiger charge is 2.04. The van der Waals surface area contributed by atoms with Crippen LogP contribution in [0.3, 0.4) is 0 Å². The molecule has 3 nitrogen and oxygen atoms in total. The third-order valence-corrected chi connectivity index (χ3v) is 3.05. The highest BCUT2D eigenvalue weighted by Crippen LogP contribution is 2.24. The lowest BCUT2D eigenvalue weighted by atomic mass is 10.2. The number of pyridine rings is 1. The van der Waals surface area contributed by atoms with Gasteiger partial charge in [0, 0.05) is 18.3 Å². The van der Waals surface area contributed by atoms with Crippen LogP contribution in [0.5, 0.6) is 11.6 Å². The summed E-state index contributed by atoms with van der Waals surface area (Å²) in [7, 11) is 0. The summed E-state index contributed by atoms with van der Waals surface area (Å²) in [5.74, 6) is 1.52.